The number of hydrogen-bond acceptors (Lipinski definition) is 8. The lowest BCUT2D eigenvalue weighted by Crippen LogP contribution is -2.27. The lowest BCUT2D eigenvalue weighted by atomic mass is 10.1. The summed E-state index contributed by atoms with van der Waals surface area (Å²) in [6.45, 7) is 1.82. The van der Waals surface area contributed by atoms with Gasteiger partial charge in [-0.1, -0.05) is 6.07 Å². The van der Waals surface area contributed by atoms with Crippen LogP contribution in [0.4, 0.5) is 5.82 Å². The Morgan fingerprint density at radius 1 is 1.00 bits per heavy atom. The molecular weight excluding hydrogens is 538 g/mol. The van der Waals surface area contributed by atoms with Crippen LogP contribution in [0.25, 0.3) is 34.1 Å². The summed E-state index contributed by atoms with van der Waals surface area (Å²) in [7, 11) is -3.73. The number of imidazole rings is 1. The molecule has 6 aromatic rings. The molecule has 0 radical (unpaired) electrons. The van der Waals surface area contributed by atoms with E-state index in [1.165, 1.54) is 6.20 Å². The number of pyridine rings is 3. The highest BCUT2D eigenvalue weighted by atomic mass is 32.2. The fourth-order valence-electron chi connectivity index (χ4n) is 5.25. The number of sulfonamides is 1. The number of aryl methyl sites for hydroxylation is 2. The third-order valence-electron chi connectivity index (χ3n) is 7.26. The van der Waals surface area contributed by atoms with Crippen molar-refractivity contribution >= 4 is 27.0 Å². The molecule has 11 nitrogen and oxygen atoms in total. The maximum absolute atomic E-state index is 13.1. The average molecular weight is 564 g/mol. The minimum Gasteiger partial charge on any atom is -0.383 e. The zero-order valence-electron chi connectivity index (χ0n) is 22.0. The Kier molecular flexibility index (Phi) is 5.87. The Labute approximate surface area is 235 Å². The number of rotatable bonds is 6. The molecule has 12 heteroatoms. The van der Waals surface area contributed by atoms with Gasteiger partial charge in [-0.3, -0.25) is 9.55 Å². The normalized spacial score (nSPS) is 14.9. The van der Waals surface area contributed by atoms with Gasteiger partial charge < -0.3 is 5.73 Å². The first-order valence-corrected chi connectivity index (χ1v) is 14.5. The molecule has 1 aromatic carbocycles. The van der Waals surface area contributed by atoms with Crippen LogP contribution in [-0.4, -0.2) is 42.7 Å². The van der Waals surface area contributed by atoms with E-state index in [0.29, 0.717) is 47.0 Å². The zero-order chi connectivity index (χ0) is 28.1. The maximum atomic E-state index is 13.1. The lowest BCUT2D eigenvalue weighted by molar-refractivity contribution is 0.554. The maximum Gasteiger partial charge on any atom is 0.242 e. The number of nitrogens with one attached hydrogen (secondary N) is 1. The zero-order valence-corrected chi connectivity index (χ0v) is 22.8. The summed E-state index contributed by atoms with van der Waals surface area (Å²) in [5, 5.41) is 4.32. The molecule has 0 bridgehead atoms. The van der Waals surface area contributed by atoms with Crippen LogP contribution in [0.1, 0.15) is 29.3 Å². The van der Waals surface area contributed by atoms with Crippen LogP contribution in [0.15, 0.2) is 90.3 Å². The van der Waals surface area contributed by atoms with Crippen molar-refractivity contribution in [3.05, 3.63) is 102 Å². The van der Waals surface area contributed by atoms with Crippen LogP contribution in [0.3, 0.4) is 0 Å². The van der Waals surface area contributed by atoms with Crippen LogP contribution in [0.5, 0.6) is 0 Å². The van der Waals surface area contributed by atoms with Crippen LogP contribution >= 0.6 is 0 Å². The highest BCUT2D eigenvalue weighted by Crippen LogP contribution is 2.36. The molecule has 0 saturated carbocycles. The SMILES string of the molecule is Cc1ccc(S(=O)(=O)N[C@H]2CCc3cc(-n4c(-c5cccnc5N)nc5ccc(-n6cccn6)nc54)ccc32)cn1. The summed E-state index contributed by atoms with van der Waals surface area (Å²) >= 11 is 0. The molecule has 0 aliphatic heterocycles. The predicted octanol–water partition coefficient (Wildman–Crippen LogP) is 3.92. The molecule has 7 rings (SSSR count). The molecule has 5 heterocycles. The standard InChI is InChI=1S/C29H25N9O2S/c1-18-5-8-21(17-32-18)41(39,40)36-24-10-6-19-16-20(7-9-22(19)24)38-28(23-4-2-13-31-27(23)30)34-25-11-12-26(35-29(25)38)37-15-3-14-33-37/h2-5,7-9,11-17,24,36H,6,10H2,1H3,(H2,30,31)/t24-/m0/s1. The van der Waals surface area contributed by atoms with Gasteiger partial charge in [-0.25, -0.2) is 32.8 Å². The number of anilines is 1. The average Bonchev–Trinajstić information content (AvgIpc) is 3.72. The Hall–Kier alpha value is -4.94. The lowest BCUT2D eigenvalue weighted by Gasteiger charge is -2.16. The Bertz CT molecular complexity index is 2020. The largest absolute Gasteiger partial charge is 0.383 e. The van der Waals surface area contributed by atoms with E-state index in [1.807, 2.05) is 60.2 Å². The first-order chi connectivity index (χ1) is 19.9. The number of aromatic nitrogens is 7. The molecule has 3 N–H and O–H groups in total. The van der Waals surface area contributed by atoms with Gasteiger partial charge in [-0.2, -0.15) is 5.10 Å². The van der Waals surface area contributed by atoms with E-state index in [2.05, 4.69) is 25.9 Å². The van der Waals surface area contributed by atoms with Crippen molar-refractivity contribution in [2.24, 2.45) is 0 Å². The summed E-state index contributed by atoms with van der Waals surface area (Å²) in [5.41, 5.74) is 11.9. The number of nitrogens with two attached hydrogens (primary N) is 1. The highest BCUT2D eigenvalue weighted by molar-refractivity contribution is 7.89. The fourth-order valence-corrected chi connectivity index (χ4v) is 6.44. The molecule has 0 amide bonds. The van der Waals surface area contributed by atoms with Crippen LogP contribution in [-0.2, 0) is 16.4 Å². The summed E-state index contributed by atoms with van der Waals surface area (Å²) in [6, 6.07) is 18.2. The van der Waals surface area contributed by atoms with Crippen molar-refractivity contribution in [1.29, 1.82) is 0 Å². The van der Waals surface area contributed by atoms with Crippen molar-refractivity contribution in [2.75, 3.05) is 5.73 Å². The molecule has 204 valence electrons. The Morgan fingerprint density at radius 2 is 1.90 bits per heavy atom. The molecular formula is C29H25N9O2S. The van der Waals surface area contributed by atoms with Crippen molar-refractivity contribution < 1.29 is 8.42 Å². The third kappa shape index (κ3) is 4.42. The summed E-state index contributed by atoms with van der Waals surface area (Å²) in [4.78, 5) is 18.4. The van der Waals surface area contributed by atoms with Crippen LogP contribution in [0, 0.1) is 6.92 Å². The number of hydrogen-bond donors (Lipinski definition) is 2. The van der Waals surface area contributed by atoms with Gasteiger partial charge in [0.2, 0.25) is 10.0 Å². The minimum atomic E-state index is -3.73. The van der Waals surface area contributed by atoms with E-state index in [4.69, 9.17) is 15.7 Å². The highest BCUT2D eigenvalue weighted by Gasteiger charge is 2.29. The summed E-state index contributed by atoms with van der Waals surface area (Å²) in [5.74, 6) is 1.62. The smallest absolute Gasteiger partial charge is 0.242 e. The van der Waals surface area contributed by atoms with E-state index < -0.39 is 10.0 Å². The predicted molar refractivity (Wildman–Crippen MR) is 154 cm³/mol. The molecule has 0 saturated heterocycles. The van der Waals surface area contributed by atoms with Gasteiger partial charge in [-0.15, -0.1) is 0 Å². The van der Waals surface area contributed by atoms with E-state index in [9.17, 15) is 8.42 Å². The van der Waals surface area contributed by atoms with Gasteiger partial charge in [0.15, 0.2) is 17.3 Å². The topological polar surface area (TPSA) is 146 Å². The van der Waals surface area contributed by atoms with E-state index in [-0.39, 0.29) is 10.9 Å². The van der Waals surface area contributed by atoms with Gasteiger partial charge in [0.1, 0.15) is 16.2 Å². The first-order valence-electron chi connectivity index (χ1n) is 13.1. The second-order valence-electron chi connectivity index (χ2n) is 9.90. The Balaban J connectivity index is 1.32. The summed E-state index contributed by atoms with van der Waals surface area (Å²) < 4.78 is 32.7. The number of nitrogen functional groups attached to an aromatic ring is 1. The first kappa shape index (κ1) is 25.1. The van der Waals surface area contributed by atoms with Gasteiger partial charge in [0.05, 0.1) is 5.56 Å². The van der Waals surface area contributed by atoms with Gasteiger partial charge in [-0.05, 0) is 85.5 Å². The van der Waals surface area contributed by atoms with Crippen molar-refractivity contribution in [1.82, 2.24) is 39.0 Å². The molecule has 0 fully saturated rings. The fraction of sp³-hybridized carbons (Fsp3) is 0.138. The van der Waals surface area contributed by atoms with E-state index in [0.717, 1.165) is 22.5 Å². The van der Waals surface area contributed by atoms with Gasteiger partial charge in [0.25, 0.3) is 0 Å². The summed E-state index contributed by atoms with van der Waals surface area (Å²) in [6.07, 6.45) is 7.92. The van der Waals surface area contributed by atoms with E-state index in [1.54, 1.807) is 29.2 Å². The second kappa shape index (κ2) is 9.61. The number of nitrogens with zero attached hydrogens (tertiary/aromatic N) is 7. The van der Waals surface area contributed by atoms with Crippen molar-refractivity contribution in [3.63, 3.8) is 0 Å². The van der Waals surface area contributed by atoms with E-state index >= 15 is 0 Å². The molecule has 41 heavy (non-hydrogen) atoms. The van der Waals surface area contributed by atoms with Crippen molar-refractivity contribution in [2.45, 2.75) is 30.7 Å². The number of fused-ring (bicyclic) bond motifs is 2. The number of benzene rings is 1. The van der Waals surface area contributed by atoms with Crippen LogP contribution < -0.4 is 10.5 Å². The molecule has 0 unspecified atom stereocenters. The molecule has 5 aromatic heterocycles. The Morgan fingerprint density at radius 3 is 2.68 bits per heavy atom. The molecule has 1 aliphatic rings. The van der Waals surface area contributed by atoms with Gasteiger partial charge >= 0.3 is 0 Å². The quantitative estimate of drug-likeness (QED) is 0.310. The van der Waals surface area contributed by atoms with Crippen LogP contribution in [0.2, 0.25) is 0 Å². The third-order valence-corrected chi connectivity index (χ3v) is 8.72. The van der Waals surface area contributed by atoms with Crippen molar-refractivity contribution in [3.8, 4) is 22.9 Å². The second-order valence-corrected chi connectivity index (χ2v) is 11.6. The molecule has 1 atom stereocenters. The van der Waals surface area contributed by atoms with Gasteiger partial charge in [0, 0.05) is 42.2 Å². The minimum absolute atomic E-state index is 0.149. The molecule has 0 spiro atoms. The molecule has 1 aliphatic carbocycles. The monoisotopic (exact) mass is 563 g/mol.